The molecule has 0 spiro atoms. The first-order valence-electron chi connectivity index (χ1n) is 6.51. The summed E-state index contributed by atoms with van der Waals surface area (Å²) in [5, 5.41) is 8.79. The fraction of sp³-hybridized carbons (Fsp3) is 0.111. The summed E-state index contributed by atoms with van der Waals surface area (Å²) in [6.07, 6.45) is 1.82. The van der Waals surface area contributed by atoms with Crippen molar-refractivity contribution in [1.82, 2.24) is 0 Å². The minimum absolute atomic E-state index is 0.00970. The Morgan fingerprint density at radius 2 is 1.71 bits per heavy atom. The van der Waals surface area contributed by atoms with E-state index in [-0.39, 0.29) is 5.78 Å². The van der Waals surface area contributed by atoms with E-state index in [4.69, 9.17) is 10.00 Å². The van der Waals surface area contributed by atoms with Crippen LogP contribution in [0.5, 0.6) is 5.75 Å². The Morgan fingerprint density at radius 3 is 2.19 bits per heavy atom. The van der Waals surface area contributed by atoms with E-state index in [0.717, 1.165) is 16.9 Å². The van der Waals surface area contributed by atoms with E-state index in [1.54, 1.807) is 26.2 Å². The topological polar surface area (TPSA) is 50.1 Å². The molecule has 0 saturated heterocycles. The molecule has 0 heterocycles. The van der Waals surface area contributed by atoms with E-state index in [0.29, 0.717) is 11.1 Å². The monoisotopic (exact) mass is 277 g/mol. The molecular weight excluding hydrogens is 262 g/mol. The summed E-state index contributed by atoms with van der Waals surface area (Å²) >= 11 is 0. The first-order valence-corrected chi connectivity index (χ1v) is 6.51. The molecule has 0 aromatic heterocycles. The van der Waals surface area contributed by atoms with Gasteiger partial charge in [0.15, 0.2) is 5.78 Å². The van der Waals surface area contributed by atoms with Gasteiger partial charge in [0.05, 0.1) is 18.7 Å². The molecule has 0 unspecified atom stereocenters. The van der Waals surface area contributed by atoms with Gasteiger partial charge in [-0.05, 0) is 48.4 Å². The van der Waals surface area contributed by atoms with Crippen molar-refractivity contribution in [2.45, 2.75) is 6.92 Å². The molecule has 0 aliphatic heterocycles. The number of hydrogen-bond acceptors (Lipinski definition) is 3. The van der Waals surface area contributed by atoms with Crippen LogP contribution in [-0.2, 0) is 4.79 Å². The summed E-state index contributed by atoms with van der Waals surface area (Å²) in [7, 11) is 1.60. The van der Waals surface area contributed by atoms with Crippen LogP contribution in [0, 0.1) is 11.3 Å². The van der Waals surface area contributed by atoms with Crippen molar-refractivity contribution in [3.63, 3.8) is 0 Å². The van der Waals surface area contributed by atoms with Crippen LogP contribution in [0.1, 0.15) is 23.6 Å². The Balaban J connectivity index is 2.39. The summed E-state index contributed by atoms with van der Waals surface area (Å²) in [6, 6.07) is 16.6. The summed E-state index contributed by atoms with van der Waals surface area (Å²) < 4.78 is 5.12. The lowest BCUT2D eigenvalue weighted by molar-refractivity contribution is -0.111. The Morgan fingerprint density at radius 1 is 1.10 bits per heavy atom. The number of Topliss-reactive ketones (excluding diaryl/α,β-unsaturated/α-hetero) is 1. The highest BCUT2D eigenvalue weighted by atomic mass is 16.5. The molecule has 0 N–H and O–H groups in total. The van der Waals surface area contributed by atoms with Crippen LogP contribution in [0.25, 0.3) is 11.6 Å². The number of benzene rings is 2. The van der Waals surface area contributed by atoms with E-state index >= 15 is 0 Å². The number of carbonyl (C=O) groups is 1. The van der Waals surface area contributed by atoms with E-state index in [1.807, 2.05) is 42.5 Å². The molecule has 3 heteroatoms. The second-order valence-electron chi connectivity index (χ2n) is 4.58. The van der Waals surface area contributed by atoms with Gasteiger partial charge in [0.1, 0.15) is 5.75 Å². The predicted molar refractivity (Wildman–Crippen MR) is 82.7 cm³/mol. The van der Waals surface area contributed by atoms with Crippen LogP contribution >= 0.6 is 0 Å². The van der Waals surface area contributed by atoms with Crippen LogP contribution < -0.4 is 4.74 Å². The third-order valence-corrected chi connectivity index (χ3v) is 3.13. The third kappa shape index (κ3) is 3.58. The van der Waals surface area contributed by atoms with Gasteiger partial charge in [-0.2, -0.15) is 5.26 Å². The molecule has 0 aliphatic rings. The van der Waals surface area contributed by atoms with E-state index < -0.39 is 0 Å². The number of carbonyl (C=O) groups excluding carboxylic acids is 1. The Kier molecular flexibility index (Phi) is 4.53. The minimum Gasteiger partial charge on any atom is -0.497 e. The summed E-state index contributed by atoms with van der Waals surface area (Å²) in [5.41, 5.74) is 2.95. The maximum absolute atomic E-state index is 11.9. The highest BCUT2D eigenvalue weighted by molar-refractivity contribution is 6.24. The SMILES string of the molecule is COc1ccc(/C(=C\c2ccc(C#N)cc2)C(C)=O)cc1. The number of hydrogen-bond donors (Lipinski definition) is 0. The van der Waals surface area contributed by atoms with Crippen molar-refractivity contribution in [2.75, 3.05) is 7.11 Å². The molecule has 0 amide bonds. The van der Waals surface area contributed by atoms with Crippen molar-refractivity contribution < 1.29 is 9.53 Å². The molecule has 0 saturated carbocycles. The van der Waals surface area contributed by atoms with E-state index in [9.17, 15) is 4.79 Å². The normalized spacial score (nSPS) is 10.8. The van der Waals surface area contributed by atoms with Crippen LogP contribution in [0.15, 0.2) is 48.5 Å². The Bertz CT molecular complexity index is 704. The minimum atomic E-state index is -0.00970. The first-order chi connectivity index (χ1) is 10.1. The molecule has 0 aliphatic carbocycles. The predicted octanol–water partition coefficient (Wildman–Crippen LogP) is 3.70. The third-order valence-electron chi connectivity index (χ3n) is 3.13. The second kappa shape index (κ2) is 6.53. The zero-order chi connectivity index (χ0) is 15.2. The molecular formula is C18H15NO2. The van der Waals surface area contributed by atoms with Gasteiger partial charge in [0.25, 0.3) is 0 Å². The number of ether oxygens (including phenoxy) is 1. The van der Waals surface area contributed by atoms with E-state index in [2.05, 4.69) is 6.07 Å². The molecule has 0 radical (unpaired) electrons. The average molecular weight is 277 g/mol. The van der Waals surface area contributed by atoms with Gasteiger partial charge in [-0.1, -0.05) is 24.3 Å². The molecule has 0 bridgehead atoms. The van der Waals surface area contributed by atoms with Gasteiger partial charge in [-0.3, -0.25) is 4.79 Å². The number of nitriles is 1. The number of nitrogens with zero attached hydrogens (tertiary/aromatic N) is 1. The number of rotatable bonds is 4. The lowest BCUT2D eigenvalue weighted by Crippen LogP contribution is -1.96. The van der Waals surface area contributed by atoms with Gasteiger partial charge in [0, 0.05) is 5.57 Å². The van der Waals surface area contributed by atoms with Crippen molar-refractivity contribution in [2.24, 2.45) is 0 Å². The van der Waals surface area contributed by atoms with Gasteiger partial charge in [0.2, 0.25) is 0 Å². The molecule has 21 heavy (non-hydrogen) atoms. The second-order valence-corrected chi connectivity index (χ2v) is 4.58. The van der Waals surface area contributed by atoms with Gasteiger partial charge < -0.3 is 4.74 Å². The molecule has 2 aromatic rings. The molecule has 0 fully saturated rings. The van der Waals surface area contributed by atoms with Crippen molar-refractivity contribution in [3.8, 4) is 11.8 Å². The van der Waals surface area contributed by atoms with Crippen molar-refractivity contribution >= 4 is 17.4 Å². The average Bonchev–Trinajstić information content (AvgIpc) is 2.53. The molecule has 104 valence electrons. The van der Waals surface area contributed by atoms with Crippen LogP contribution in [0.3, 0.4) is 0 Å². The zero-order valence-electron chi connectivity index (χ0n) is 12.0. The zero-order valence-corrected chi connectivity index (χ0v) is 12.0. The largest absolute Gasteiger partial charge is 0.497 e. The summed E-state index contributed by atoms with van der Waals surface area (Å²) in [4.78, 5) is 11.9. The van der Waals surface area contributed by atoms with Crippen LogP contribution in [0.4, 0.5) is 0 Å². The molecule has 3 nitrogen and oxygen atoms in total. The summed E-state index contributed by atoms with van der Waals surface area (Å²) in [6.45, 7) is 1.54. The Hall–Kier alpha value is -2.86. The Labute approximate surface area is 124 Å². The van der Waals surface area contributed by atoms with Gasteiger partial charge >= 0.3 is 0 Å². The lowest BCUT2D eigenvalue weighted by Gasteiger charge is -2.06. The number of allylic oxidation sites excluding steroid dienone is 1. The fourth-order valence-corrected chi connectivity index (χ4v) is 1.98. The molecule has 0 atom stereocenters. The first kappa shape index (κ1) is 14.5. The number of methoxy groups -OCH3 is 1. The van der Waals surface area contributed by atoms with Gasteiger partial charge in [-0.25, -0.2) is 0 Å². The quantitative estimate of drug-likeness (QED) is 0.632. The molecule has 2 aromatic carbocycles. The lowest BCUT2D eigenvalue weighted by atomic mass is 9.99. The highest BCUT2D eigenvalue weighted by Crippen LogP contribution is 2.22. The maximum atomic E-state index is 11.9. The fourth-order valence-electron chi connectivity index (χ4n) is 1.98. The smallest absolute Gasteiger partial charge is 0.160 e. The van der Waals surface area contributed by atoms with E-state index in [1.165, 1.54) is 0 Å². The highest BCUT2D eigenvalue weighted by Gasteiger charge is 2.07. The van der Waals surface area contributed by atoms with Crippen LogP contribution in [-0.4, -0.2) is 12.9 Å². The number of ketones is 1. The molecule has 2 rings (SSSR count). The maximum Gasteiger partial charge on any atom is 0.160 e. The summed E-state index contributed by atoms with van der Waals surface area (Å²) in [5.74, 6) is 0.740. The van der Waals surface area contributed by atoms with Crippen LogP contribution in [0.2, 0.25) is 0 Å². The van der Waals surface area contributed by atoms with Crippen molar-refractivity contribution in [3.05, 3.63) is 65.2 Å². The standard InChI is InChI=1S/C18H15NO2/c1-13(20)18(16-7-9-17(21-2)10-8-16)11-14-3-5-15(12-19)6-4-14/h3-11H,1-2H3/b18-11-. The van der Waals surface area contributed by atoms with Gasteiger partial charge in [-0.15, -0.1) is 0 Å². The van der Waals surface area contributed by atoms with Crippen molar-refractivity contribution in [1.29, 1.82) is 5.26 Å².